The molecule has 122 valence electrons. The fraction of sp³-hybridized carbons (Fsp3) is 0. The maximum Gasteiger partial charge on any atom is 0.276 e. The molecule has 0 aliphatic rings. The highest BCUT2D eigenvalue weighted by Crippen LogP contribution is 2.23. The first kappa shape index (κ1) is 15.1. The summed E-state index contributed by atoms with van der Waals surface area (Å²) < 4.78 is 1.38. The number of anilines is 1. The zero-order valence-corrected chi connectivity index (χ0v) is 13.6. The van der Waals surface area contributed by atoms with Crippen molar-refractivity contribution in [3.05, 3.63) is 66.2 Å². The number of carbonyl (C=O) groups is 1. The van der Waals surface area contributed by atoms with E-state index in [0.717, 1.165) is 5.69 Å². The number of aromatic nitrogens is 6. The van der Waals surface area contributed by atoms with E-state index in [9.17, 15) is 4.79 Å². The molecule has 9 heteroatoms. The number of nitrogens with one attached hydrogen (secondary N) is 1. The predicted molar refractivity (Wildman–Crippen MR) is 92.5 cm³/mol. The van der Waals surface area contributed by atoms with Gasteiger partial charge in [-0.15, -0.1) is 11.3 Å². The van der Waals surface area contributed by atoms with Crippen LogP contribution < -0.4 is 5.32 Å². The van der Waals surface area contributed by atoms with Crippen molar-refractivity contribution < 1.29 is 4.79 Å². The average molecular weight is 349 g/mol. The molecule has 4 rings (SSSR count). The summed E-state index contributed by atoms with van der Waals surface area (Å²) in [6, 6.07) is 8.88. The molecule has 0 fully saturated rings. The number of amides is 1. The summed E-state index contributed by atoms with van der Waals surface area (Å²) in [5.41, 5.74) is 1.78. The van der Waals surface area contributed by atoms with Crippen molar-refractivity contribution in [1.82, 2.24) is 29.7 Å². The van der Waals surface area contributed by atoms with Crippen LogP contribution in [0.25, 0.3) is 17.3 Å². The van der Waals surface area contributed by atoms with Crippen LogP contribution in [0.15, 0.2) is 60.5 Å². The van der Waals surface area contributed by atoms with E-state index in [1.807, 2.05) is 23.6 Å². The molecule has 0 saturated carbocycles. The molecule has 25 heavy (non-hydrogen) atoms. The van der Waals surface area contributed by atoms with Crippen LogP contribution in [0.1, 0.15) is 10.5 Å². The molecular formula is C16H11N7OS. The van der Waals surface area contributed by atoms with Gasteiger partial charge in [-0.05, 0) is 24.3 Å². The molecule has 1 amide bonds. The van der Waals surface area contributed by atoms with Gasteiger partial charge >= 0.3 is 0 Å². The van der Waals surface area contributed by atoms with Gasteiger partial charge in [-0.25, -0.2) is 15.0 Å². The Kier molecular flexibility index (Phi) is 3.97. The fourth-order valence-electron chi connectivity index (χ4n) is 2.16. The van der Waals surface area contributed by atoms with Crippen molar-refractivity contribution in [3.8, 4) is 17.3 Å². The lowest BCUT2D eigenvalue weighted by Crippen LogP contribution is -2.18. The van der Waals surface area contributed by atoms with Gasteiger partial charge in [0.2, 0.25) is 0 Å². The molecule has 0 saturated heterocycles. The van der Waals surface area contributed by atoms with Gasteiger partial charge in [0, 0.05) is 24.0 Å². The van der Waals surface area contributed by atoms with E-state index in [1.54, 1.807) is 30.7 Å². The summed E-state index contributed by atoms with van der Waals surface area (Å²) >= 11 is 1.33. The smallest absolute Gasteiger partial charge is 0.276 e. The van der Waals surface area contributed by atoms with Gasteiger partial charge < -0.3 is 0 Å². The molecule has 0 atom stereocenters. The molecular weight excluding hydrogens is 338 g/mol. The van der Waals surface area contributed by atoms with Crippen molar-refractivity contribution in [2.24, 2.45) is 0 Å². The highest BCUT2D eigenvalue weighted by molar-refractivity contribution is 7.14. The third kappa shape index (κ3) is 3.12. The number of hydrogen-bond acceptors (Lipinski definition) is 7. The Morgan fingerprint density at radius 1 is 0.960 bits per heavy atom. The van der Waals surface area contributed by atoms with Crippen LogP contribution in [0.4, 0.5) is 5.13 Å². The van der Waals surface area contributed by atoms with Crippen molar-refractivity contribution in [1.29, 1.82) is 0 Å². The van der Waals surface area contributed by atoms with Gasteiger partial charge in [0.05, 0.1) is 11.9 Å². The predicted octanol–water partition coefficient (Wildman–Crippen LogP) is 2.43. The highest BCUT2D eigenvalue weighted by Gasteiger charge is 2.16. The summed E-state index contributed by atoms with van der Waals surface area (Å²) in [7, 11) is 0. The maximum absolute atomic E-state index is 12.5. The van der Waals surface area contributed by atoms with E-state index in [1.165, 1.54) is 22.2 Å². The van der Waals surface area contributed by atoms with Crippen LogP contribution in [0.5, 0.6) is 0 Å². The monoisotopic (exact) mass is 349 g/mol. The first-order valence-corrected chi connectivity index (χ1v) is 8.19. The Morgan fingerprint density at radius 2 is 1.80 bits per heavy atom. The van der Waals surface area contributed by atoms with Crippen LogP contribution in [0.2, 0.25) is 0 Å². The van der Waals surface area contributed by atoms with Crippen molar-refractivity contribution in [2.75, 3.05) is 5.32 Å². The fourth-order valence-corrected chi connectivity index (χ4v) is 2.86. The number of rotatable bonds is 4. The largest absolute Gasteiger partial charge is 0.296 e. The molecule has 0 radical (unpaired) electrons. The minimum atomic E-state index is -0.341. The zero-order valence-electron chi connectivity index (χ0n) is 12.8. The molecule has 4 aromatic rings. The van der Waals surface area contributed by atoms with Crippen LogP contribution in [0, 0.1) is 0 Å². The zero-order chi connectivity index (χ0) is 17.1. The summed E-state index contributed by atoms with van der Waals surface area (Å²) in [4.78, 5) is 29.4. The summed E-state index contributed by atoms with van der Waals surface area (Å²) in [5.74, 6) is -0.0159. The van der Waals surface area contributed by atoms with Crippen molar-refractivity contribution in [2.45, 2.75) is 0 Å². The molecule has 0 unspecified atom stereocenters. The number of pyridine rings is 1. The van der Waals surface area contributed by atoms with E-state index < -0.39 is 0 Å². The Labute approximate surface area is 146 Å². The minimum absolute atomic E-state index is 0.320. The minimum Gasteiger partial charge on any atom is -0.296 e. The summed E-state index contributed by atoms with van der Waals surface area (Å²) in [6.45, 7) is 0. The van der Waals surface area contributed by atoms with E-state index in [2.05, 4.69) is 30.4 Å². The lowest BCUT2D eigenvalue weighted by Gasteiger charge is -2.04. The second kappa shape index (κ2) is 6.57. The van der Waals surface area contributed by atoms with Gasteiger partial charge in [-0.1, -0.05) is 6.07 Å². The molecule has 4 heterocycles. The van der Waals surface area contributed by atoms with Crippen LogP contribution in [-0.4, -0.2) is 35.6 Å². The normalized spacial score (nSPS) is 10.6. The molecule has 8 nitrogen and oxygen atoms in total. The van der Waals surface area contributed by atoms with Gasteiger partial charge in [0.25, 0.3) is 11.9 Å². The Hall–Kier alpha value is -3.46. The van der Waals surface area contributed by atoms with Crippen molar-refractivity contribution >= 4 is 22.4 Å². The SMILES string of the molecule is O=C(Nc1nc(-c2ccccn2)cs1)c1ccnn1-c1ncccn1. The molecule has 0 spiro atoms. The second-order valence-electron chi connectivity index (χ2n) is 4.88. The molecule has 0 bridgehead atoms. The van der Waals surface area contributed by atoms with Crippen LogP contribution in [0.3, 0.4) is 0 Å². The molecule has 4 aromatic heterocycles. The third-order valence-electron chi connectivity index (χ3n) is 3.27. The number of carbonyl (C=O) groups excluding carboxylic acids is 1. The van der Waals surface area contributed by atoms with Gasteiger partial charge in [-0.3, -0.25) is 15.1 Å². The number of thiazole rings is 1. The van der Waals surface area contributed by atoms with E-state index >= 15 is 0 Å². The Morgan fingerprint density at radius 3 is 2.60 bits per heavy atom. The Bertz CT molecular complexity index is 998. The first-order valence-electron chi connectivity index (χ1n) is 7.31. The van der Waals surface area contributed by atoms with Gasteiger partial charge in [0.1, 0.15) is 11.4 Å². The van der Waals surface area contributed by atoms with Crippen LogP contribution >= 0.6 is 11.3 Å². The third-order valence-corrected chi connectivity index (χ3v) is 4.03. The molecule has 0 aliphatic carbocycles. The lowest BCUT2D eigenvalue weighted by molar-refractivity contribution is 0.101. The quantitative estimate of drug-likeness (QED) is 0.607. The maximum atomic E-state index is 12.5. The second-order valence-corrected chi connectivity index (χ2v) is 5.74. The highest BCUT2D eigenvalue weighted by atomic mass is 32.1. The number of nitrogens with zero attached hydrogens (tertiary/aromatic N) is 6. The summed E-state index contributed by atoms with van der Waals surface area (Å²) in [6.07, 6.45) is 6.40. The van der Waals surface area contributed by atoms with Gasteiger partial charge in [0.15, 0.2) is 5.13 Å². The standard InChI is InChI=1S/C16H11N7OS/c24-14(13-5-9-20-23(13)15-18-7-3-8-19-15)22-16-21-12(10-25-16)11-4-1-2-6-17-11/h1-10H,(H,21,22,24). The molecule has 0 aromatic carbocycles. The summed E-state index contributed by atoms with van der Waals surface area (Å²) in [5, 5.41) is 9.20. The van der Waals surface area contributed by atoms with Crippen molar-refractivity contribution in [3.63, 3.8) is 0 Å². The van der Waals surface area contributed by atoms with E-state index in [0.29, 0.717) is 22.5 Å². The molecule has 1 N–H and O–H groups in total. The first-order chi connectivity index (χ1) is 12.3. The lowest BCUT2D eigenvalue weighted by atomic mass is 10.3. The van der Waals surface area contributed by atoms with E-state index in [4.69, 9.17) is 0 Å². The van der Waals surface area contributed by atoms with E-state index in [-0.39, 0.29) is 5.91 Å². The van der Waals surface area contributed by atoms with Crippen LogP contribution in [-0.2, 0) is 0 Å². The Balaban J connectivity index is 1.56. The topological polar surface area (TPSA) is 98.5 Å². The average Bonchev–Trinajstić information content (AvgIpc) is 3.33. The van der Waals surface area contributed by atoms with Gasteiger partial charge in [-0.2, -0.15) is 9.78 Å². The number of hydrogen-bond donors (Lipinski definition) is 1. The molecule has 0 aliphatic heterocycles.